The molecule has 3 heterocycles. The van der Waals surface area contributed by atoms with Gasteiger partial charge in [0.05, 0.1) is 24.2 Å². The summed E-state index contributed by atoms with van der Waals surface area (Å²) in [5.74, 6) is 1.20. The van der Waals surface area contributed by atoms with Crippen LogP contribution in [-0.4, -0.2) is 42.7 Å². The van der Waals surface area contributed by atoms with Crippen molar-refractivity contribution >= 4 is 17.5 Å². The van der Waals surface area contributed by atoms with Gasteiger partial charge < -0.3 is 5.32 Å². The molecule has 10 nitrogen and oxygen atoms in total. The number of nitrogens with two attached hydrogens (primary N) is 1. The van der Waals surface area contributed by atoms with Crippen LogP contribution in [0.25, 0.3) is 16.9 Å². The number of aryl methyl sites for hydroxylation is 2. The lowest BCUT2D eigenvalue weighted by Gasteiger charge is -2.13. The van der Waals surface area contributed by atoms with Crippen molar-refractivity contribution in [1.82, 2.24) is 24.7 Å². The fraction of sp³-hybridized carbons (Fsp3) is 0.182. The molecule has 0 aliphatic rings. The third kappa shape index (κ3) is 4.76. The minimum absolute atomic E-state index is 0.0233. The normalized spacial score (nSPS) is 10.8. The fourth-order valence-electron chi connectivity index (χ4n) is 3.35. The molecule has 1 aromatic carbocycles. The van der Waals surface area contributed by atoms with Gasteiger partial charge >= 0.3 is 0 Å². The highest BCUT2D eigenvalue weighted by atomic mass is 16.6. The van der Waals surface area contributed by atoms with E-state index in [0.29, 0.717) is 24.9 Å². The molecule has 3 aromatic heterocycles. The molecule has 0 aliphatic heterocycles. The van der Waals surface area contributed by atoms with Crippen molar-refractivity contribution in [1.29, 1.82) is 0 Å². The summed E-state index contributed by atoms with van der Waals surface area (Å²) in [6.45, 7) is 5.38. The lowest BCUT2D eigenvalue weighted by molar-refractivity contribution is -0.572. The molecule has 10 heteroatoms. The lowest BCUT2D eigenvalue weighted by atomic mass is 10.0. The number of nitrogens with zero attached hydrogens (tertiary/aromatic N) is 6. The van der Waals surface area contributed by atoms with E-state index in [2.05, 4.69) is 52.4 Å². The Morgan fingerprint density at radius 2 is 2.03 bits per heavy atom. The lowest BCUT2D eigenvalue weighted by Crippen LogP contribution is -2.79. The predicted octanol–water partition coefficient (Wildman–Crippen LogP) is 2.56. The van der Waals surface area contributed by atoms with Gasteiger partial charge in [-0.2, -0.15) is 10.1 Å². The van der Waals surface area contributed by atoms with E-state index < -0.39 is 4.92 Å². The van der Waals surface area contributed by atoms with Crippen LogP contribution >= 0.6 is 0 Å². The number of quaternary nitrogens is 1. The Balaban J connectivity index is 1.49. The van der Waals surface area contributed by atoms with Gasteiger partial charge in [0.2, 0.25) is 11.8 Å². The van der Waals surface area contributed by atoms with Crippen LogP contribution in [0.15, 0.2) is 61.2 Å². The van der Waals surface area contributed by atoms with E-state index in [9.17, 15) is 10.1 Å². The van der Waals surface area contributed by atoms with Crippen molar-refractivity contribution in [2.24, 2.45) is 0 Å². The third-order valence-electron chi connectivity index (χ3n) is 4.92. The van der Waals surface area contributed by atoms with Gasteiger partial charge in [-0.05, 0) is 25.5 Å². The highest BCUT2D eigenvalue weighted by molar-refractivity contribution is 5.72. The van der Waals surface area contributed by atoms with E-state index in [0.717, 1.165) is 22.5 Å². The predicted molar refractivity (Wildman–Crippen MR) is 120 cm³/mol. The first-order valence-corrected chi connectivity index (χ1v) is 10.1. The zero-order valence-corrected chi connectivity index (χ0v) is 17.8. The summed E-state index contributed by atoms with van der Waals surface area (Å²) in [4.78, 5) is 23.6. The summed E-state index contributed by atoms with van der Waals surface area (Å²) in [6, 6.07) is 11.2. The molecular formula is C22H23N8O2+. The first kappa shape index (κ1) is 21.1. The van der Waals surface area contributed by atoms with E-state index in [1.165, 1.54) is 17.8 Å². The molecule has 0 bridgehead atoms. The molecule has 0 atom stereocenters. The standard InChI is InChI=1S/C22H22N8O2/c1-15-4-6-18(16(2)12-15)21-19(29-11-3-8-27-29)14-26-22(28-21)24-10-9-23-20-7-5-17(13-25-20)30(31)32/h3-8,11-14H,9-10H2,1-2H3,(H,23,25)(H,24,26,28)/p+1. The van der Waals surface area contributed by atoms with Gasteiger partial charge in [0.1, 0.15) is 17.6 Å². The number of hydrogen-bond acceptors (Lipinski definition) is 7. The smallest absolute Gasteiger partial charge is 0.288 e. The van der Waals surface area contributed by atoms with Gasteiger partial charge in [-0.15, -0.1) is 0 Å². The van der Waals surface area contributed by atoms with Crippen LogP contribution in [0.2, 0.25) is 0 Å². The SMILES string of the molecule is Cc1ccc(-c2nc(NCC[NH2+]c3ccc([N+](=O)[O-])cn3)ncc2-n2cccn2)c(C)c1. The number of pyridine rings is 1. The summed E-state index contributed by atoms with van der Waals surface area (Å²) in [7, 11) is 0. The molecule has 0 saturated heterocycles. The third-order valence-corrected chi connectivity index (χ3v) is 4.92. The van der Waals surface area contributed by atoms with Crippen LogP contribution in [0.1, 0.15) is 11.1 Å². The molecule has 0 unspecified atom stereocenters. The summed E-state index contributed by atoms with van der Waals surface area (Å²) in [6.07, 6.45) is 6.61. The van der Waals surface area contributed by atoms with Gasteiger partial charge in [-0.1, -0.05) is 23.8 Å². The zero-order chi connectivity index (χ0) is 22.5. The number of hydrogen-bond donors (Lipinski definition) is 2. The second-order valence-electron chi connectivity index (χ2n) is 7.31. The maximum absolute atomic E-state index is 10.7. The molecule has 4 rings (SSSR count). The molecule has 0 amide bonds. The number of benzene rings is 1. The summed E-state index contributed by atoms with van der Waals surface area (Å²) in [5.41, 5.74) is 4.91. The van der Waals surface area contributed by atoms with Crippen LogP contribution in [0, 0.1) is 24.0 Å². The minimum atomic E-state index is -0.462. The minimum Gasteiger partial charge on any atom is -0.349 e. The van der Waals surface area contributed by atoms with Crippen molar-refractivity contribution in [3.8, 4) is 16.9 Å². The van der Waals surface area contributed by atoms with Crippen molar-refractivity contribution in [2.75, 3.05) is 18.4 Å². The molecule has 0 radical (unpaired) electrons. The largest absolute Gasteiger partial charge is 0.349 e. The Kier molecular flexibility index (Phi) is 6.13. The average Bonchev–Trinajstić information content (AvgIpc) is 3.32. The topological polar surface area (TPSA) is 128 Å². The fourth-order valence-corrected chi connectivity index (χ4v) is 3.35. The number of aromatic nitrogens is 5. The van der Waals surface area contributed by atoms with Gasteiger partial charge in [-0.3, -0.25) is 15.4 Å². The van der Waals surface area contributed by atoms with Crippen LogP contribution in [0.4, 0.5) is 17.5 Å². The van der Waals surface area contributed by atoms with Gasteiger partial charge in [-0.25, -0.2) is 14.6 Å². The van der Waals surface area contributed by atoms with E-state index in [4.69, 9.17) is 4.98 Å². The number of nitro groups is 1. The van der Waals surface area contributed by atoms with Crippen molar-refractivity contribution in [3.63, 3.8) is 0 Å². The highest BCUT2D eigenvalue weighted by Gasteiger charge is 2.14. The molecule has 162 valence electrons. The highest BCUT2D eigenvalue weighted by Crippen LogP contribution is 2.28. The van der Waals surface area contributed by atoms with Gasteiger partial charge in [0, 0.05) is 30.1 Å². The van der Waals surface area contributed by atoms with Crippen LogP contribution in [0.3, 0.4) is 0 Å². The van der Waals surface area contributed by atoms with Gasteiger partial charge in [0.15, 0.2) is 0 Å². The monoisotopic (exact) mass is 431 g/mol. The Labute approximate surface area is 184 Å². The number of nitrogens with one attached hydrogen (secondary N) is 1. The van der Waals surface area contributed by atoms with E-state index in [-0.39, 0.29) is 5.69 Å². The molecule has 0 saturated carbocycles. The quantitative estimate of drug-likeness (QED) is 0.249. The number of anilines is 1. The summed E-state index contributed by atoms with van der Waals surface area (Å²) < 4.78 is 1.76. The van der Waals surface area contributed by atoms with Crippen LogP contribution < -0.4 is 10.6 Å². The van der Waals surface area contributed by atoms with Crippen molar-refractivity contribution in [3.05, 3.63) is 82.4 Å². The Morgan fingerprint density at radius 3 is 2.72 bits per heavy atom. The molecule has 3 N–H and O–H groups in total. The van der Waals surface area contributed by atoms with Crippen molar-refractivity contribution in [2.45, 2.75) is 13.8 Å². The van der Waals surface area contributed by atoms with Crippen molar-refractivity contribution < 1.29 is 10.2 Å². The molecule has 4 aromatic rings. The second kappa shape index (κ2) is 9.31. The maximum atomic E-state index is 10.7. The van der Waals surface area contributed by atoms with E-state index in [1.807, 2.05) is 17.6 Å². The van der Waals surface area contributed by atoms with E-state index >= 15 is 0 Å². The second-order valence-corrected chi connectivity index (χ2v) is 7.31. The molecule has 0 spiro atoms. The zero-order valence-electron chi connectivity index (χ0n) is 17.8. The average molecular weight is 431 g/mol. The van der Waals surface area contributed by atoms with Crippen LogP contribution in [-0.2, 0) is 0 Å². The van der Waals surface area contributed by atoms with E-state index in [1.54, 1.807) is 23.1 Å². The Hall–Kier alpha value is -4.18. The van der Waals surface area contributed by atoms with Crippen LogP contribution in [0.5, 0.6) is 0 Å². The molecule has 0 fully saturated rings. The maximum Gasteiger partial charge on any atom is 0.288 e. The first-order valence-electron chi connectivity index (χ1n) is 10.1. The van der Waals surface area contributed by atoms with Gasteiger partial charge in [0.25, 0.3) is 5.69 Å². The Bertz CT molecular complexity index is 1220. The Morgan fingerprint density at radius 1 is 1.16 bits per heavy atom. The molecule has 32 heavy (non-hydrogen) atoms. The first-order chi connectivity index (χ1) is 15.5. The molecular weight excluding hydrogens is 408 g/mol. The summed E-state index contributed by atoms with van der Waals surface area (Å²) >= 11 is 0. The number of rotatable bonds is 8. The molecule has 0 aliphatic carbocycles. The summed E-state index contributed by atoms with van der Waals surface area (Å²) in [5, 5.41) is 20.2.